The SMILES string of the molecule is COc1ccc2c(c1)OCC(NC(=O)CCc1ccc(Cl)nc1)C2. The highest BCUT2D eigenvalue weighted by Crippen LogP contribution is 2.29. The van der Waals surface area contributed by atoms with Crippen LogP contribution in [0.5, 0.6) is 11.5 Å². The number of rotatable bonds is 5. The molecule has 1 amide bonds. The van der Waals surface area contributed by atoms with E-state index in [9.17, 15) is 4.79 Å². The van der Waals surface area contributed by atoms with Crippen LogP contribution in [0.15, 0.2) is 36.5 Å². The molecule has 1 aliphatic heterocycles. The molecule has 126 valence electrons. The van der Waals surface area contributed by atoms with E-state index in [2.05, 4.69) is 10.3 Å². The van der Waals surface area contributed by atoms with Crippen LogP contribution < -0.4 is 14.8 Å². The van der Waals surface area contributed by atoms with Crippen molar-refractivity contribution in [2.45, 2.75) is 25.3 Å². The first-order valence-electron chi connectivity index (χ1n) is 7.83. The number of fused-ring (bicyclic) bond motifs is 1. The summed E-state index contributed by atoms with van der Waals surface area (Å²) >= 11 is 5.75. The molecule has 2 aromatic rings. The predicted molar refractivity (Wildman–Crippen MR) is 91.7 cm³/mol. The van der Waals surface area contributed by atoms with Gasteiger partial charge in [-0.2, -0.15) is 0 Å². The first-order valence-corrected chi connectivity index (χ1v) is 8.21. The molecule has 0 fully saturated rings. The smallest absolute Gasteiger partial charge is 0.220 e. The Balaban J connectivity index is 1.51. The molecule has 24 heavy (non-hydrogen) atoms. The fourth-order valence-corrected chi connectivity index (χ4v) is 2.80. The van der Waals surface area contributed by atoms with Gasteiger partial charge in [-0.3, -0.25) is 4.79 Å². The third-order valence-corrected chi connectivity index (χ3v) is 4.20. The Kier molecular flexibility index (Phi) is 5.20. The molecule has 1 unspecified atom stereocenters. The minimum absolute atomic E-state index is 0.00973. The zero-order valence-electron chi connectivity index (χ0n) is 13.4. The molecule has 0 saturated carbocycles. The molecule has 0 saturated heterocycles. The number of nitrogens with zero attached hydrogens (tertiary/aromatic N) is 1. The summed E-state index contributed by atoms with van der Waals surface area (Å²) in [6.07, 6.45) is 3.50. The van der Waals surface area contributed by atoms with E-state index in [1.54, 1.807) is 19.4 Å². The van der Waals surface area contributed by atoms with E-state index in [1.807, 2.05) is 24.3 Å². The van der Waals surface area contributed by atoms with Crippen LogP contribution in [0.4, 0.5) is 0 Å². The molecule has 5 nitrogen and oxygen atoms in total. The number of ether oxygens (including phenoxy) is 2. The lowest BCUT2D eigenvalue weighted by Crippen LogP contribution is -2.42. The number of amides is 1. The Morgan fingerprint density at radius 3 is 3.04 bits per heavy atom. The van der Waals surface area contributed by atoms with E-state index in [4.69, 9.17) is 21.1 Å². The van der Waals surface area contributed by atoms with Gasteiger partial charge >= 0.3 is 0 Å². The molecule has 6 heteroatoms. The minimum Gasteiger partial charge on any atom is -0.497 e. The number of hydrogen-bond donors (Lipinski definition) is 1. The van der Waals surface area contributed by atoms with Crippen LogP contribution in [0.25, 0.3) is 0 Å². The summed E-state index contributed by atoms with van der Waals surface area (Å²) in [7, 11) is 1.63. The van der Waals surface area contributed by atoms with Gasteiger partial charge in [-0.1, -0.05) is 23.7 Å². The Bertz CT molecular complexity index is 719. The van der Waals surface area contributed by atoms with Crippen molar-refractivity contribution in [3.8, 4) is 11.5 Å². The zero-order valence-corrected chi connectivity index (χ0v) is 14.2. The van der Waals surface area contributed by atoms with E-state index in [1.165, 1.54) is 0 Å². The predicted octanol–water partition coefficient (Wildman–Crippen LogP) is 2.80. The van der Waals surface area contributed by atoms with Gasteiger partial charge in [-0.25, -0.2) is 4.98 Å². The highest BCUT2D eigenvalue weighted by atomic mass is 35.5. The fourth-order valence-electron chi connectivity index (χ4n) is 2.68. The van der Waals surface area contributed by atoms with Gasteiger partial charge in [0.1, 0.15) is 23.3 Å². The number of hydrogen-bond acceptors (Lipinski definition) is 4. The summed E-state index contributed by atoms with van der Waals surface area (Å²) in [6, 6.07) is 9.36. The van der Waals surface area contributed by atoms with Crippen molar-refractivity contribution in [2.75, 3.05) is 13.7 Å². The number of halogens is 1. The van der Waals surface area contributed by atoms with Crippen LogP contribution >= 0.6 is 11.6 Å². The molecular weight excluding hydrogens is 328 g/mol. The molecule has 1 atom stereocenters. The summed E-state index contributed by atoms with van der Waals surface area (Å²) in [5, 5.41) is 3.48. The van der Waals surface area contributed by atoms with Gasteiger partial charge in [0.15, 0.2) is 0 Å². The molecule has 0 bridgehead atoms. The number of pyridine rings is 1. The molecule has 0 spiro atoms. The van der Waals surface area contributed by atoms with E-state index < -0.39 is 0 Å². The monoisotopic (exact) mass is 346 g/mol. The number of carbonyl (C=O) groups is 1. The second kappa shape index (κ2) is 7.53. The Hall–Kier alpha value is -2.27. The van der Waals surface area contributed by atoms with E-state index in [0.717, 1.165) is 29.0 Å². The Morgan fingerprint density at radius 2 is 2.29 bits per heavy atom. The average molecular weight is 347 g/mol. The molecule has 1 aromatic carbocycles. The van der Waals surface area contributed by atoms with Gasteiger partial charge < -0.3 is 14.8 Å². The summed E-state index contributed by atoms with van der Waals surface area (Å²) in [5.74, 6) is 1.61. The third-order valence-electron chi connectivity index (χ3n) is 3.98. The summed E-state index contributed by atoms with van der Waals surface area (Å²) in [4.78, 5) is 16.1. The lowest BCUT2D eigenvalue weighted by Gasteiger charge is -2.26. The number of carbonyl (C=O) groups excluding carboxylic acids is 1. The molecule has 1 aromatic heterocycles. The lowest BCUT2D eigenvalue weighted by molar-refractivity contribution is -0.122. The van der Waals surface area contributed by atoms with Gasteiger partial charge in [-0.15, -0.1) is 0 Å². The van der Waals surface area contributed by atoms with Crippen LogP contribution in [-0.4, -0.2) is 30.6 Å². The summed E-state index contributed by atoms with van der Waals surface area (Å²) in [5.41, 5.74) is 2.07. The van der Waals surface area contributed by atoms with Crippen LogP contribution in [0, 0.1) is 0 Å². The van der Waals surface area contributed by atoms with Gasteiger partial charge in [0.05, 0.1) is 13.2 Å². The Morgan fingerprint density at radius 1 is 1.42 bits per heavy atom. The molecule has 1 aliphatic rings. The van der Waals surface area contributed by atoms with Gasteiger partial charge in [-0.05, 0) is 36.1 Å². The normalized spacial score (nSPS) is 16.0. The van der Waals surface area contributed by atoms with Crippen molar-refractivity contribution < 1.29 is 14.3 Å². The largest absolute Gasteiger partial charge is 0.497 e. The summed E-state index contributed by atoms with van der Waals surface area (Å²) < 4.78 is 10.9. The fraction of sp³-hybridized carbons (Fsp3) is 0.333. The lowest BCUT2D eigenvalue weighted by atomic mass is 10.0. The highest BCUT2D eigenvalue weighted by molar-refractivity contribution is 6.29. The van der Waals surface area contributed by atoms with Crippen LogP contribution in [0.1, 0.15) is 17.5 Å². The topological polar surface area (TPSA) is 60.5 Å². The highest BCUT2D eigenvalue weighted by Gasteiger charge is 2.21. The van der Waals surface area contributed by atoms with Crippen molar-refractivity contribution in [1.82, 2.24) is 10.3 Å². The quantitative estimate of drug-likeness (QED) is 0.846. The van der Waals surface area contributed by atoms with Gasteiger partial charge in [0, 0.05) is 18.7 Å². The maximum Gasteiger partial charge on any atom is 0.220 e. The average Bonchev–Trinajstić information content (AvgIpc) is 2.61. The second-order valence-corrected chi connectivity index (χ2v) is 6.13. The maximum atomic E-state index is 12.1. The molecule has 3 rings (SSSR count). The van der Waals surface area contributed by atoms with Crippen molar-refractivity contribution in [2.24, 2.45) is 0 Å². The van der Waals surface area contributed by atoms with Crippen molar-refractivity contribution in [3.63, 3.8) is 0 Å². The second-order valence-electron chi connectivity index (χ2n) is 5.74. The first kappa shape index (κ1) is 16.6. The molecule has 0 aliphatic carbocycles. The van der Waals surface area contributed by atoms with Crippen molar-refractivity contribution in [3.05, 3.63) is 52.8 Å². The number of benzene rings is 1. The Labute approximate surface area is 145 Å². The van der Waals surface area contributed by atoms with E-state index in [-0.39, 0.29) is 11.9 Å². The van der Waals surface area contributed by atoms with Crippen LogP contribution in [0.2, 0.25) is 5.15 Å². The molecule has 0 radical (unpaired) electrons. The minimum atomic E-state index is -0.0123. The number of nitrogens with one attached hydrogen (secondary N) is 1. The summed E-state index contributed by atoms with van der Waals surface area (Å²) in [6.45, 7) is 0.467. The number of methoxy groups -OCH3 is 1. The van der Waals surface area contributed by atoms with E-state index >= 15 is 0 Å². The van der Waals surface area contributed by atoms with Crippen molar-refractivity contribution in [1.29, 1.82) is 0 Å². The van der Waals surface area contributed by atoms with E-state index in [0.29, 0.717) is 24.6 Å². The first-order chi connectivity index (χ1) is 11.6. The van der Waals surface area contributed by atoms with Gasteiger partial charge in [0.2, 0.25) is 5.91 Å². The zero-order chi connectivity index (χ0) is 16.9. The molecular formula is C18H19ClN2O3. The van der Waals surface area contributed by atoms with Crippen LogP contribution in [-0.2, 0) is 17.6 Å². The number of aromatic nitrogens is 1. The molecule has 1 N–H and O–H groups in total. The maximum absolute atomic E-state index is 12.1. The molecule has 2 heterocycles. The standard InChI is InChI=1S/C18H19ClN2O3/c1-23-15-5-4-13-8-14(11-24-16(13)9-15)21-18(22)7-3-12-2-6-17(19)20-10-12/h2,4-6,9-10,14H,3,7-8,11H2,1H3,(H,21,22). The van der Waals surface area contributed by atoms with Gasteiger partial charge in [0.25, 0.3) is 0 Å². The third kappa shape index (κ3) is 4.17. The van der Waals surface area contributed by atoms with Crippen LogP contribution in [0.3, 0.4) is 0 Å². The number of aryl methyl sites for hydroxylation is 1. The van der Waals surface area contributed by atoms with Crippen molar-refractivity contribution >= 4 is 17.5 Å².